The first-order valence-electron chi connectivity index (χ1n) is 7.90. The molecule has 0 saturated heterocycles. The van der Waals surface area contributed by atoms with Crippen molar-refractivity contribution < 1.29 is 9.53 Å². The number of hydrogen-bond acceptors (Lipinski definition) is 3. The van der Waals surface area contributed by atoms with Gasteiger partial charge in [0.1, 0.15) is 6.10 Å². The minimum Gasteiger partial charge on any atom is -0.365 e. The summed E-state index contributed by atoms with van der Waals surface area (Å²) in [6.45, 7) is 2.69. The number of nitrogens with one attached hydrogen (secondary N) is 1. The summed E-state index contributed by atoms with van der Waals surface area (Å²) < 4.78 is 5.96. The van der Waals surface area contributed by atoms with Crippen LogP contribution in [-0.4, -0.2) is 30.7 Å². The fourth-order valence-corrected chi connectivity index (χ4v) is 3.38. The molecule has 0 bridgehead atoms. The Kier molecular flexibility index (Phi) is 5.64. The van der Waals surface area contributed by atoms with Crippen LogP contribution in [0.2, 0.25) is 0 Å². The van der Waals surface area contributed by atoms with Gasteiger partial charge in [-0.15, -0.1) is 0 Å². The predicted molar refractivity (Wildman–Crippen MR) is 75.7 cm³/mol. The standard InChI is InChI=1S/C15H28N2O2/c1-2-14(19-12-7-3-4-8-12)15(18)17-13-9-5-6-11(13)10-16/h11-14H,2-10,16H2,1H3,(H,17,18). The molecular formula is C15H28N2O2. The van der Waals surface area contributed by atoms with Crippen molar-refractivity contribution in [2.45, 2.75) is 76.5 Å². The molecule has 2 rings (SSSR count). The molecule has 0 aromatic carbocycles. The molecule has 4 heteroatoms. The van der Waals surface area contributed by atoms with Gasteiger partial charge < -0.3 is 15.8 Å². The molecule has 3 atom stereocenters. The summed E-state index contributed by atoms with van der Waals surface area (Å²) in [5.74, 6) is 0.521. The van der Waals surface area contributed by atoms with Gasteiger partial charge in [-0.2, -0.15) is 0 Å². The van der Waals surface area contributed by atoms with Gasteiger partial charge >= 0.3 is 0 Å². The summed E-state index contributed by atoms with van der Waals surface area (Å²) >= 11 is 0. The number of nitrogens with two attached hydrogens (primary N) is 1. The summed E-state index contributed by atoms with van der Waals surface area (Å²) in [5.41, 5.74) is 5.76. The van der Waals surface area contributed by atoms with E-state index in [9.17, 15) is 4.79 Å². The Morgan fingerprint density at radius 2 is 2.00 bits per heavy atom. The van der Waals surface area contributed by atoms with Gasteiger partial charge in [0.15, 0.2) is 0 Å². The van der Waals surface area contributed by atoms with Crippen molar-refractivity contribution in [2.24, 2.45) is 11.7 Å². The lowest BCUT2D eigenvalue weighted by Crippen LogP contribution is -2.46. The molecule has 3 unspecified atom stereocenters. The van der Waals surface area contributed by atoms with Crippen molar-refractivity contribution in [1.29, 1.82) is 0 Å². The van der Waals surface area contributed by atoms with E-state index in [1.165, 1.54) is 19.3 Å². The van der Waals surface area contributed by atoms with E-state index in [-0.39, 0.29) is 18.1 Å². The van der Waals surface area contributed by atoms with Gasteiger partial charge in [-0.05, 0) is 44.6 Å². The average molecular weight is 268 g/mol. The number of carbonyl (C=O) groups excluding carboxylic acids is 1. The van der Waals surface area contributed by atoms with Crippen molar-refractivity contribution in [1.82, 2.24) is 5.32 Å². The first kappa shape index (κ1) is 14.8. The minimum atomic E-state index is -0.276. The van der Waals surface area contributed by atoms with Crippen LogP contribution in [0.1, 0.15) is 58.3 Å². The van der Waals surface area contributed by atoms with Crippen LogP contribution >= 0.6 is 0 Å². The molecule has 4 nitrogen and oxygen atoms in total. The van der Waals surface area contributed by atoms with Crippen molar-refractivity contribution in [3.05, 3.63) is 0 Å². The van der Waals surface area contributed by atoms with E-state index in [0.717, 1.165) is 32.1 Å². The van der Waals surface area contributed by atoms with Gasteiger partial charge in [-0.1, -0.05) is 26.2 Å². The Morgan fingerprint density at radius 1 is 1.26 bits per heavy atom. The first-order valence-corrected chi connectivity index (χ1v) is 7.90. The van der Waals surface area contributed by atoms with Crippen molar-refractivity contribution in [3.63, 3.8) is 0 Å². The summed E-state index contributed by atoms with van der Waals surface area (Å²) in [4.78, 5) is 12.3. The predicted octanol–water partition coefficient (Wildman–Crippen LogP) is 1.97. The molecule has 1 amide bonds. The van der Waals surface area contributed by atoms with Gasteiger partial charge in [0.2, 0.25) is 5.91 Å². The Hall–Kier alpha value is -0.610. The Morgan fingerprint density at radius 3 is 2.63 bits per heavy atom. The Bertz CT molecular complexity index is 290. The fraction of sp³-hybridized carbons (Fsp3) is 0.933. The van der Waals surface area contributed by atoms with Crippen LogP contribution in [0.25, 0.3) is 0 Å². The SMILES string of the molecule is CCC(OC1CCCC1)C(=O)NC1CCCC1CN. The van der Waals surface area contributed by atoms with Crippen LogP contribution < -0.4 is 11.1 Å². The van der Waals surface area contributed by atoms with Gasteiger partial charge in [0.25, 0.3) is 0 Å². The summed E-state index contributed by atoms with van der Waals surface area (Å²) in [7, 11) is 0. The summed E-state index contributed by atoms with van der Waals surface area (Å²) in [6.07, 6.45) is 8.84. The van der Waals surface area contributed by atoms with Gasteiger partial charge in [0.05, 0.1) is 6.10 Å². The summed E-state index contributed by atoms with van der Waals surface area (Å²) in [5, 5.41) is 3.16. The normalized spacial score (nSPS) is 29.6. The van der Waals surface area contributed by atoms with Gasteiger partial charge in [-0.25, -0.2) is 0 Å². The molecule has 3 N–H and O–H groups in total. The Balaban J connectivity index is 1.82. The molecule has 110 valence electrons. The largest absolute Gasteiger partial charge is 0.365 e. The van der Waals surface area contributed by atoms with E-state index in [0.29, 0.717) is 18.6 Å². The van der Waals surface area contributed by atoms with Gasteiger partial charge in [0, 0.05) is 6.04 Å². The molecule has 0 heterocycles. The lowest BCUT2D eigenvalue weighted by molar-refractivity contribution is -0.137. The average Bonchev–Trinajstić information content (AvgIpc) is 3.06. The first-order chi connectivity index (χ1) is 9.24. The Labute approximate surface area is 116 Å². The maximum absolute atomic E-state index is 12.3. The number of hydrogen-bond donors (Lipinski definition) is 2. The second-order valence-electron chi connectivity index (χ2n) is 5.98. The minimum absolute atomic E-state index is 0.0692. The van der Waals surface area contributed by atoms with E-state index in [1.54, 1.807) is 0 Å². The zero-order valence-electron chi connectivity index (χ0n) is 12.1. The maximum Gasteiger partial charge on any atom is 0.249 e. The molecule has 2 saturated carbocycles. The third-order valence-corrected chi connectivity index (χ3v) is 4.61. The maximum atomic E-state index is 12.3. The molecule has 0 aromatic rings. The van der Waals surface area contributed by atoms with Crippen molar-refractivity contribution in [3.8, 4) is 0 Å². The topological polar surface area (TPSA) is 64.3 Å². The molecule has 0 spiro atoms. The highest BCUT2D eigenvalue weighted by Gasteiger charge is 2.30. The van der Waals surface area contributed by atoms with Crippen LogP contribution in [-0.2, 0) is 9.53 Å². The van der Waals surface area contributed by atoms with Crippen LogP contribution in [0.3, 0.4) is 0 Å². The van der Waals surface area contributed by atoms with E-state index in [4.69, 9.17) is 10.5 Å². The highest BCUT2D eigenvalue weighted by Crippen LogP contribution is 2.26. The van der Waals surface area contributed by atoms with Crippen LogP contribution in [0, 0.1) is 5.92 Å². The second-order valence-corrected chi connectivity index (χ2v) is 5.98. The molecular weight excluding hydrogens is 240 g/mol. The zero-order valence-corrected chi connectivity index (χ0v) is 12.1. The molecule has 0 aromatic heterocycles. The second kappa shape index (κ2) is 7.25. The molecule has 0 aliphatic heterocycles. The third kappa shape index (κ3) is 3.93. The van der Waals surface area contributed by atoms with Crippen LogP contribution in [0.4, 0.5) is 0 Å². The van der Waals surface area contributed by atoms with Gasteiger partial charge in [-0.3, -0.25) is 4.79 Å². The van der Waals surface area contributed by atoms with E-state index < -0.39 is 0 Å². The number of amides is 1. The third-order valence-electron chi connectivity index (χ3n) is 4.61. The highest BCUT2D eigenvalue weighted by molar-refractivity contribution is 5.81. The monoisotopic (exact) mass is 268 g/mol. The lowest BCUT2D eigenvalue weighted by Gasteiger charge is -2.25. The molecule has 0 radical (unpaired) electrons. The number of rotatable bonds is 6. The molecule has 2 fully saturated rings. The quantitative estimate of drug-likeness (QED) is 0.774. The smallest absolute Gasteiger partial charge is 0.249 e. The number of carbonyl (C=O) groups is 1. The summed E-state index contributed by atoms with van der Waals surface area (Å²) in [6, 6.07) is 0.263. The van der Waals surface area contributed by atoms with E-state index >= 15 is 0 Å². The van der Waals surface area contributed by atoms with Crippen LogP contribution in [0.5, 0.6) is 0 Å². The van der Waals surface area contributed by atoms with Crippen LogP contribution in [0.15, 0.2) is 0 Å². The molecule has 2 aliphatic rings. The number of ether oxygens (including phenoxy) is 1. The van der Waals surface area contributed by atoms with Crippen molar-refractivity contribution in [2.75, 3.05) is 6.54 Å². The van der Waals surface area contributed by atoms with E-state index in [2.05, 4.69) is 5.32 Å². The zero-order chi connectivity index (χ0) is 13.7. The van der Waals surface area contributed by atoms with E-state index in [1.807, 2.05) is 6.92 Å². The lowest BCUT2D eigenvalue weighted by atomic mass is 10.0. The highest BCUT2D eigenvalue weighted by atomic mass is 16.5. The fourth-order valence-electron chi connectivity index (χ4n) is 3.38. The molecule has 19 heavy (non-hydrogen) atoms. The molecule has 2 aliphatic carbocycles. The van der Waals surface area contributed by atoms with Crippen molar-refractivity contribution >= 4 is 5.91 Å².